The van der Waals surface area contributed by atoms with E-state index in [0.717, 1.165) is 17.8 Å². The van der Waals surface area contributed by atoms with Crippen molar-refractivity contribution in [2.75, 3.05) is 13.1 Å². The highest BCUT2D eigenvalue weighted by Crippen LogP contribution is 2.36. The normalized spacial score (nSPS) is 43.2. The maximum Gasteiger partial charge on any atom is -0.00173 e. The van der Waals surface area contributed by atoms with Gasteiger partial charge in [-0.3, -0.25) is 0 Å². The van der Waals surface area contributed by atoms with Crippen molar-refractivity contribution in [3.05, 3.63) is 0 Å². The summed E-state index contributed by atoms with van der Waals surface area (Å²) in [6, 6.07) is 0. The minimum absolute atomic E-state index is 1.00. The van der Waals surface area contributed by atoms with E-state index in [1.54, 1.807) is 0 Å². The van der Waals surface area contributed by atoms with Crippen LogP contribution in [0.4, 0.5) is 0 Å². The van der Waals surface area contributed by atoms with Crippen LogP contribution in [-0.2, 0) is 0 Å². The van der Waals surface area contributed by atoms with E-state index in [2.05, 4.69) is 12.2 Å². The molecule has 1 aliphatic heterocycles. The molecule has 0 aromatic heterocycles. The van der Waals surface area contributed by atoms with E-state index < -0.39 is 0 Å². The van der Waals surface area contributed by atoms with Gasteiger partial charge in [-0.15, -0.1) is 0 Å². The van der Waals surface area contributed by atoms with Crippen molar-refractivity contribution in [3.8, 4) is 0 Å². The topological polar surface area (TPSA) is 12.0 Å². The van der Waals surface area contributed by atoms with Crippen LogP contribution in [0.2, 0.25) is 0 Å². The molecular formula is C11H21N. The van der Waals surface area contributed by atoms with Gasteiger partial charge in [0.2, 0.25) is 0 Å². The van der Waals surface area contributed by atoms with E-state index in [9.17, 15) is 0 Å². The van der Waals surface area contributed by atoms with Crippen molar-refractivity contribution in [2.24, 2.45) is 17.8 Å². The van der Waals surface area contributed by atoms with Gasteiger partial charge in [-0.1, -0.05) is 26.2 Å². The molecule has 12 heavy (non-hydrogen) atoms. The molecule has 0 aromatic carbocycles. The van der Waals surface area contributed by atoms with Gasteiger partial charge >= 0.3 is 0 Å². The highest BCUT2D eigenvalue weighted by atomic mass is 14.9. The van der Waals surface area contributed by atoms with Crippen molar-refractivity contribution < 1.29 is 0 Å². The second kappa shape index (κ2) is 3.78. The Kier molecular flexibility index (Phi) is 2.69. The largest absolute Gasteiger partial charge is 0.316 e. The highest BCUT2D eigenvalue weighted by Gasteiger charge is 2.30. The number of nitrogens with one attached hydrogen (secondary N) is 1. The Morgan fingerprint density at radius 1 is 1.08 bits per heavy atom. The Labute approximate surface area is 75.9 Å². The zero-order valence-electron chi connectivity index (χ0n) is 8.18. The third kappa shape index (κ3) is 1.66. The summed E-state index contributed by atoms with van der Waals surface area (Å²) >= 11 is 0. The van der Waals surface area contributed by atoms with E-state index in [4.69, 9.17) is 0 Å². The van der Waals surface area contributed by atoms with Gasteiger partial charge in [-0.05, 0) is 43.7 Å². The molecule has 1 N–H and O–H groups in total. The first-order valence-electron chi connectivity index (χ1n) is 5.58. The monoisotopic (exact) mass is 167 g/mol. The summed E-state index contributed by atoms with van der Waals surface area (Å²) in [5.74, 6) is 3.07. The second-order valence-electron chi connectivity index (χ2n) is 4.68. The summed E-state index contributed by atoms with van der Waals surface area (Å²) in [7, 11) is 0. The Balaban J connectivity index is 1.91. The van der Waals surface area contributed by atoms with Crippen LogP contribution < -0.4 is 5.32 Å². The molecule has 0 aromatic rings. The van der Waals surface area contributed by atoms with Crippen LogP contribution in [0.25, 0.3) is 0 Å². The van der Waals surface area contributed by atoms with Crippen molar-refractivity contribution >= 4 is 0 Å². The fourth-order valence-corrected chi connectivity index (χ4v) is 3.09. The molecule has 1 saturated carbocycles. The van der Waals surface area contributed by atoms with Gasteiger partial charge in [-0.2, -0.15) is 0 Å². The third-order valence-corrected chi connectivity index (χ3v) is 3.88. The summed E-state index contributed by atoms with van der Waals surface area (Å²) in [6.07, 6.45) is 7.41. The highest BCUT2D eigenvalue weighted by molar-refractivity contribution is 4.83. The molecule has 1 heterocycles. The van der Waals surface area contributed by atoms with Gasteiger partial charge in [0.25, 0.3) is 0 Å². The number of rotatable bonds is 1. The number of hydrogen-bond donors (Lipinski definition) is 1. The minimum atomic E-state index is 1.00. The lowest BCUT2D eigenvalue weighted by Gasteiger charge is -2.33. The number of hydrogen-bond acceptors (Lipinski definition) is 1. The summed E-state index contributed by atoms with van der Waals surface area (Å²) in [5, 5.41) is 3.49. The van der Waals surface area contributed by atoms with Crippen molar-refractivity contribution in [3.63, 3.8) is 0 Å². The maximum absolute atomic E-state index is 3.49. The Hall–Kier alpha value is -0.0400. The predicted molar refractivity (Wildman–Crippen MR) is 52.1 cm³/mol. The molecule has 2 aliphatic rings. The molecule has 0 spiro atoms. The maximum atomic E-state index is 3.49. The van der Waals surface area contributed by atoms with Gasteiger partial charge in [0.05, 0.1) is 0 Å². The predicted octanol–water partition coefficient (Wildman–Crippen LogP) is 2.42. The third-order valence-electron chi connectivity index (χ3n) is 3.88. The molecule has 1 nitrogen and oxygen atoms in total. The summed E-state index contributed by atoms with van der Waals surface area (Å²) < 4.78 is 0. The van der Waals surface area contributed by atoms with Crippen LogP contribution in [0, 0.1) is 17.8 Å². The van der Waals surface area contributed by atoms with Crippen LogP contribution in [0.1, 0.15) is 39.0 Å². The van der Waals surface area contributed by atoms with E-state index in [-0.39, 0.29) is 0 Å². The average molecular weight is 167 g/mol. The Bertz CT molecular complexity index is 138. The van der Waals surface area contributed by atoms with E-state index >= 15 is 0 Å². The molecule has 3 unspecified atom stereocenters. The molecule has 1 heteroatoms. The summed E-state index contributed by atoms with van der Waals surface area (Å²) in [4.78, 5) is 0. The van der Waals surface area contributed by atoms with E-state index in [1.165, 1.54) is 45.2 Å². The van der Waals surface area contributed by atoms with Gasteiger partial charge in [0, 0.05) is 0 Å². The van der Waals surface area contributed by atoms with Crippen LogP contribution in [0.5, 0.6) is 0 Å². The van der Waals surface area contributed by atoms with Gasteiger partial charge in [0.15, 0.2) is 0 Å². The van der Waals surface area contributed by atoms with E-state index in [1.807, 2.05) is 0 Å². The molecule has 0 bridgehead atoms. The van der Waals surface area contributed by atoms with Crippen molar-refractivity contribution in [1.29, 1.82) is 0 Å². The molecule has 3 atom stereocenters. The van der Waals surface area contributed by atoms with E-state index in [0.29, 0.717) is 0 Å². The molecular weight excluding hydrogens is 146 g/mol. The first-order chi connectivity index (χ1) is 5.88. The molecule has 70 valence electrons. The second-order valence-corrected chi connectivity index (χ2v) is 4.68. The average Bonchev–Trinajstić information content (AvgIpc) is 2.57. The van der Waals surface area contributed by atoms with Crippen molar-refractivity contribution in [2.45, 2.75) is 39.0 Å². The lowest BCUT2D eigenvalue weighted by atomic mass is 9.73. The zero-order valence-corrected chi connectivity index (χ0v) is 8.18. The smallest absolute Gasteiger partial charge is 0.00173 e. The van der Waals surface area contributed by atoms with Crippen LogP contribution in [0.15, 0.2) is 0 Å². The fraction of sp³-hybridized carbons (Fsp3) is 1.00. The summed E-state index contributed by atoms with van der Waals surface area (Å²) in [5.41, 5.74) is 0. The quantitative estimate of drug-likeness (QED) is 0.632. The molecule has 0 radical (unpaired) electrons. The zero-order chi connectivity index (χ0) is 8.39. The van der Waals surface area contributed by atoms with Crippen molar-refractivity contribution in [1.82, 2.24) is 5.32 Å². The summed E-state index contributed by atoms with van der Waals surface area (Å²) in [6.45, 7) is 5.03. The minimum Gasteiger partial charge on any atom is -0.316 e. The standard InChI is InChI=1S/C11H21N/c1-9-4-2-3-5-11(9)10-6-7-12-8-10/h9-12H,2-8H2,1H3. The first-order valence-corrected chi connectivity index (χ1v) is 5.58. The van der Waals surface area contributed by atoms with Gasteiger partial charge < -0.3 is 5.32 Å². The molecule has 1 aliphatic carbocycles. The SMILES string of the molecule is CC1CCCCC1C1CCNC1. The van der Waals surface area contributed by atoms with Crippen LogP contribution >= 0.6 is 0 Å². The van der Waals surface area contributed by atoms with Crippen LogP contribution in [0.3, 0.4) is 0 Å². The van der Waals surface area contributed by atoms with Crippen LogP contribution in [-0.4, -0.2) is 13.1 Å². The Morgan fingerprint density at radius 2 is 1.92 bits per heavy atom. The van der Waals surface area contributed by atoms with Gasteiger partial charge in [-0.25, -0.2) is 0 Å². The Morgan fingerprint density at radius 3 is 2.58 bits per heavy atom. The first kappa shape index (κ1) is 8.55. The van der Waals surface area contributed by atoms with Gasteiger partial charge in [0.1, 0.15) is 0 Å². The lowest BCUT2D eigenvalue weighted by molar-refractivity contribution is 0.185. The molecule has 2 fully saturated rings. The lowest BCUT2D eigenvalue weighted by Crippen LogP contribution is -2.26. The molecule has 0 amide bonds. The molecule has 2 rings (SSSR count). The molecule has 1 saturated heterocycles. The fourth-order valence-electron chi connectivity index (χ4n) is 3.09.